The zero-order valence-electron chi connectivity index (χ0n) is 11.8. The third kappa shape index (κ3) is 4.66. The topological polar surface area (TPSA) is 64.6 Å². The molecule has 0 saturated carbocycles. The van der Waals surface area contributed by atoms with E-state index in [0.29, 0.717) is 18.2 Å². The number of carbonyl (C=O) groups excluding carboxylic acids is 2. The molecule has 5 nitrogen and oxygen atoms in total. The van der Waals surface area contributed by atoms with E-state index >= 15 is 0 Å². The predicted octanol–water partition coefficient (Wildman–Crippen LogP) is 2.63. The van der Waals surface area contributed by atoms with Gasteiger partial charge in [-0.1, -0.05) is 0 Å². The lowest BCUT2D eigenvalue weighted by molar-refractivity contribution is -0.142. The Morgan fingerprint density at radius 3 is 2.00 bits per heavy atom. The Bertz CT molecular complexity index is 631. The second kappa shape index (κ2) is 7.07. The number of alkyl halides is 3. The quantitative estimate of drug-likeness (QED) is 0.519. The van der Waals surface area contributed by atoms with Crippen LogP contribution in [0.1, 0.15) is 5.56 Å². The maximum absolute atomic E-state index is 13.4. The first-order chi connectivity index (χ1) is 10.6. The molecular weight excluding hydrogens is 329 g/mol. The van der Waals surface area contributed by atoms with Gasteiger partial charge in [0.2, 0.25) is 0 Å². The molecule has 0 aliphatic carbocycles. The number of anilines is 1. The van der Waals surface area contributed by atoms with Gasteiger partial charge in [0, 0.05) is 5.69 Å². The number of hydrogen-bond donors (Lipinski definition) is 1. The molecule has 0 saturated heterocycles. The van der Waals surface area contributed by atoms with Gasteiger partial charge in [-0.05, 0) is 12.1 Å². The summed E-state index contributed by atoms with van der Waals surface area (Å²) in [4.78, 5) is 22.5. The van der Waals surface area contributed by atoms with E-state index in [-0.39, 0.29) is 0 Å². The number of esters is 2. The molecule has 1 aromatic carbocycles. The van der Waals surface area contributed by atoms with Crippen molar-refractivity contribution in [2.75, 3.05) is 19.5 Å². The lowest BCUT2D eigenvalue weighted by Gasteiger charge is -2.13. The van der Waals surface area contributed by atoms with Crippen LogP contribution in [0.15, 0.2) is 23.9 Å². The Morgan fingerprint density at radius 2 is 1.61 bits per heavy atom. The van der Waals surface area contributed by atoms with Gasteiger partial charge in [0.05, 0.1) is 20.3 Å². The summed E-state index contributed by atoms with van der Waals surface area (Å²) >= 11 is 0. The van der Waals surface area contributed by atoms with Gasteiger partial charge in [0.1, 0.15) is 22.9 Å². The molecular formula is C13H10F5NO4. The average Bonchev–Trinajstić information content (AvgIpc) is 2.43. The van der Waals surface area contributed by atoms with E-state index in [0.717, 1.165) is 14.2 Å². The van der Waals surface area contributed by atoms with Crippen LogP contribution in [0.4, 0.5) is 27.6 Å². The van der Waals surface area contributed by atoms with Crippen molar-refractivity contribution in [2.24, 2.45) is 0 Å². The normalized spacial score (nSPS) is 11.9. The standard InChI is InChI=1S/C13H10F5NO4/c1-22-10(20)5-9(12(21)23-2)19-6-3-7(14)11(8(15)4-6)13(16,17)18/h3-5,19H,1-2H3/b9-5+. The molecule has 0 radical (unpaired) electrons. The van der Waals surface area contributed by atoms with Gasteiger partial charge in [0.15, 0.2) is 0 Å². The third-order valence-electron chi connectivity index (χ3n) is 2.47. The van der Waals surface area contributed by atoms with Crippen LogP contribution in [-0.4, -0.2) is 26.2 Å². The van der Waals surface area contributed by atoms with Crippen LogP contribution in [0.5, 0.6) is 0 Å². The predicted molar refractivity (Wildman–Crippen MR) is 67.1 cm³/mol. The zero-order valence-corrected chi connectivity index (χ0v) is 11.8. The summed E-state index contributed by atoms with van der Waals surface area (Å²) in [7, 11) is 1.97. The minimum atomic E-state index is -5.22. The Labute approximate surface area is 126 Å². The Hall–Kier alpha value is -2.65. The van der Waals surface area contributed by atoms with E-state index in [2.05, 4.69) is 14.8 Å². The lowest BCUT2D eigenvalue weighted by atomic mass is 10.1. The number of rotatable bonds is 4. The smallest absolute Gasteiger partial charge is 0.422 e. The minimum absolute atomic E-state index is 0.319. The molecule has 126 valence electrons. The molecule has 23 heavy (non-hydrogen) atoms. The molecule has 0 aliphatic heterocycles. The monoisotopic (exact) mass is 339 g/mol. The van der Waals surface area contributed by atoms with Crippen molar-refractivity contribution in [3.05, 3.63) is 41.1 Å². The molecule has 0 heterocycles. The summed E-state index contributed by atoms with van der Waals surface area (Å²) in [5.74, 6) is -5.87. The fourth-order valence-corrected chi connectivity index (χ4v) is 1.50. The number of halogens is 5. The van der Waals surface area contributed by atoms with Gasteiger partial charge >= 0.3 is 18.1 Å². The molecule has 0 amide bonds. The second-order valence-electron chi connectivity index (χ2n) is 4.01. The summed E-state index contributed by atoms with van der Waals surface area (Å²) < 4.78 is 72.8. The molecule has 0 unspecified atom stereocenters. The SMILES string of the molecule is COC(=O)/C=C(/Nc1cc(F)c(C(F)(F)F)c(F)c1)C(=O)OC. The van der Waals surface area contributed by atoms with Gasteiger partial charge in [-0.3, -0.25) is 0 Å². The van der Waals surface area contributed by atoms with Gasteiger partial charge in [0.25, 0.3) is 0 Å². The van der Waals surface area contributed by atoms with Crippen LogP contribution in [0.25, 0.3) is 0 Å². The minimum Gasteiger partial charge on any atom is -0.466 e. The zero-order chi connectivity index (χ0) is 17.8. The van der Waals surface area contributed by atoms with E-state index in [1.165, 1.54) is 0 Å². The van der Waals surface area contributed by atoms with Gasteiger partial charge in [-0.2, -0.15) is 13.2 Å². The summed E-state index contributed by atoms with van der Waals surface area (Å²) in [6.45, 7) is 0. The van der Waals surface area contributed by atoms with Crippen molar-refractivity contribution in [2.45, 2.75) is 6.18 Å². The molecule has 1 aromatic rings. The molecule has 0 aromatic heterocycles. The van der Waals surface area contributed by atoms with Crippen LogP contribution < -0.4 is 5.32 Å². The molecule has 0 spiro atoms. The highest BCUT2D eigenvalue weighted by Gasteiger charge is 2.38. The molecule has 0 bridgehead atoms. The first-order valence-corrected chi connectivity index (χ1v) is 5.81. The maximum Gasteiger partial charge on any atom is 0.422 e. The van der Waals surface area contributed by atoms with Crippen LogP contribution in [0.2, 0.25) is 0 Å². The lowest BCUT2D eigenvalue weighted by Crippen LogP contribution is -2.17. The number of ether oxygens (including phenoxy) is 2. The van der Waals surface area contributed by atoms with Crippen molar-refractivity contribution in [1.82, 2.24) is 0 Å². The first kappa shape index (κ1) is 18.4. The second-order valence-corrected chi connectivity index (χ2v) is 4.01. The van der Waals surface area contributed by atoms with Crippen LogP contribution in [-0.2, 0) is 25.2 Å². The maximum atomic E-state index is 13.4. The summed E-state index contributed by atoms with van der Waals surface area (Å²) in [5, 5.41) is 2.09. The van der Waals surface area contributed by atoms with Crippen LogP contribution in [0, 0.1) is 11.6 Å². The highest BCUT2D eigenvalue weighted by molar-refractivity contribution is 5.98. The summed E-state index contributed by atoms with van der Waals surface area (Å²) in [6, 6.07) is 0.639. The highest BCUT2D eigenvalue weighted by atomic mass is 19.4. The Morgan fingerprint density at radius 1 is 1.09 bits per heavy atom. The average molecular weight is 339 g/mol. The number of hydrogen-bond acceptors (Lipinski definition) is 5. The van der Waals surface area contributed by atoms with Crippen molar-refractivity contribution in [3.63, 3.8) is 0 Å². The van der Waals surface area contributed by atoms with E-state index in [4.69, 9.17) is 0 Å². The van der Waals surface area contributed by atoms with Crippen LogP contribution >= 0.6 is 0 Å². The molecule has 10 heteroatoms. The van der Waals surface area contributed by atoms with Gasteiger partial charge in [-0.15, -0.1) is 0 Å². The third-order valence-corrected chi connectivity index (χ3v) is 2.47. The van der Waals surface area contributed by atoms with E-state index in [9.17, 15) is 31.5 Å². The van der Waals surface area contributed by atoms with E-state index < -0.39 is 46.7 Å². The van der Waals surface area contributed by atoms with Crippen molar-refractivity contribution < 1.29 is 41.0 Å². The highest BCUT2D eigenvalue weighted by Crippen LogP contribution is 2.35. The molecule has 0 atom stereocenters. The van der Waals surface area contributed by atoms with Gasteiger partial charge < -0.3 is 14.8 Å². The van der Waals surface area contributed by atoms with Crippen molar-refractivity contribution in [3.8, 4) is 0 Å². The number of benzene rings is 1. The number of methoxy groups -OCH3 is 2. The molecule has 0 aliphatic rings. The van der Waals surface area contributed by atoms with Crippen LogP contribution in [0.3, 0.4) is 0 Å². The molecule has 1 N–H and O–H groups in total. The Balaban J connectivity index is 3.23. The van der Waals surface area contributed by atoms with Gasteiger partial charge in [-0.25, -0.2) is 18.4 Å². The first-order valence-electron chi connectivity index (χ1n) is 5.81. The largest absolute Gasteiger partial charge is 0.466 e. The van der Waals surface area contributed by atoms with E-state index in [1.54, 1.807) is 0 Å². The number of carbonyl (C=O) groups is 2. The fourth-order valence-electron chi connectivity index (χ4n) is 1.50. The molecule has 0 fully saturated rings. The molecule has 1 rings (SSSR count). The van der Waals surface area contributed by atoms with Crippen molar-refractivity contribution >= 4 is 17.6 Å². The number of nitrogens with one attached hydrogen (secondary N) is 1. The summed E-state index contributed by atoms with van der Waals surface area (Å²) in [6.07, 6.45) is -4.61. The fraction of sp³-hybridized carbons (Fsp3) is 0.231. The van der Waals surface area contributed by atoms with E-state index in [1.807, 2.05) is 0 Å². The Kier molecular flexibility index (Phi) is 5.66. The summed E-state index contributed by atoms with van der Waals surface area (Å²) in [5.41, 5.74) is -3.19. The van der Waals surface area contributed by atoms with Crippen molar-refractivity contribution in [1.29, 1.82) is 0 Å².